The van der Waals surface area contributed by atoms with Gasteiger partial charge < -0.3 is 10.4 Å². The molecule has 8 heteroatoms. The summed E-state index contributed by atoms with van der Waals surface area (Å²) in [7, 11) is -2.88. The third-order valence-corrected chi connectivity index (χ3v) is 4.51. The Hall–Kier alpha value is -1.70. The molecule has 2 heterocycles. The Morgan fingerprint density at radius 1 is 1.28 bits per heavy atom. The third-order valence-electron chi connectivity index (χ3n) is 2.79. The highest BCUT2D eigenvalue weighted by Crippen LogP contribution is 2.16. The smallest absolute Gasteiger partial charge is 0.356 e. The summed E-state index contributed by atoms with van der Waals surface area (Å²) >= 11 is 0. The fraction of sp³-hybridized carbons (Fsp3) is 0.500. The number of anilines is 1. The molecule has 0 unspecified atom stereocenters. The highest BCUT2D eigenvalue weighted by molar-refractivity contribution is 7.91. The average molecular weight is 271 g/mol. The lowest BCUT2D eigenvalue weighted by molar-refractivity contribution is 0.0689. The number of nitrogens with one attached hydrogen (secondary N) is 1. The molecular formula is C10H13N3O4S. The normalized spacial score (nSPS) is 19.3. The molecule has 1 saturated heterocycles. The molecule has 0 aliphatic carbocycles. The number of rotatable bonds is 3. The van der Waals surface area contributed by atoms with Crippen LogP contribution in [0.25, 0.3) is 0 Å². The maximum atomic E-state index is 11.2. The summed E-state index contributed by atoms with van der Waals surface area (Å²) in [5.74, 6) is -0.321. The van der Waals surface area contributed by atoms with E-state index in [-0.39, 0.29) is 23.2 Å². The lowest BCUT2D eigenvalue weighted by atomic mass is 10.1. The SMILES string of the molecule is O=C(O)c1ccc(NC2CCS(=O)(=O)CC2)nn1. The van der Waals surface area contributed by atoms with Crippen molar-refractivity contribution in [3.05, 3.63) is 17.8 Å². The molecular weight excluding hydrogens is 258 g/mol. The highest BCUT2D eigenvalue weighted by atomic mass is 32.2. The molecule has 0 bridgehead atoms. The van der Waals surface area contributed by atoms with Gasteiger partial charge in [0.25, 0.3) is 0 Å². The first kappa shape index (κ1) is 12.7. The number of aromatic carboxylic acids is 1. The van der Waals surface area contributed by atoms with Gasteiger partial charge in [0, 0.05) is 6.04 Å². The van der Waals surface area contributed by atoms with Gasteiger partial charge in [0.05, 0.1) is 11.5 Å². The minimum absolute atomic E-state index is 0.0403. The Kier molecular flexibility index (Phi) is 3.46. The van der Waals surface area contributed by atoms with Crippen molar-refractivity contribution in [2.45, 2.75) is 18.9 Å². The number of hydrogen-bond donors (Lipinski definition) is 2. The second kappa shape index (κ2) is 4.89. The summed E-state index contributed by atoms with van der Waals surface area (Å²) in [4.78, 5) is 10.6. The van der Waals surface area contributed by atoms with Gasteiger partial charge in [-0.15, -0.1) is 10.2 Å². The van der Waals surface area contributed by atoms with E-state index >= 15 is 0 Å². The predicted molar refractivity (Wildman–Crippen MR) is 64.3 cm³/mol. The molecule has 18 heavy (non-hydrogen) atoms. The van der Waals surface area contributed by atoms with E-state index in [0.29, 0.717) is 18.7 Å². The molecule has 2 rings (SSSR count). The summed E-state index contributed by atoms with van der Waals surface area (Å²) in [6, 6.07) is 2.93. The van der Waals surface area contributed by atoms with E-state index in [1.807, 2.05) is 0 Å². The van der Waals surface area contributed by atoms with Gasteiger partial charge in [-0.05, 0) is 25.0 Å². The van der Waals surface area contributed by atoms with Crippen LogP contribution in [0.4, 0.5) is 5.82 Å². The second-order valence-corrected chi connectivity index (χ2v) is 6.48. The second-order valence-electron chi connectivity index (χ2n) is 4.18. The lowest BCUT2D eigenvalue weighted by Crippen LogP contribution is -2.32. The van der Waals surface area contributed by atoms with Crippen LogP contribution in [-0.4, -0.2) is 47.2 Å². The van der Waals surface area contributed by atoms with E-state index < -0.39 is 15.8 Å². The number of carbonyl (C=O) groups is 1. The standard InChI is InChI=1S/C10H13N3O4S/c14-10(15)8-1-2-9(13-12-8)11-7-3-5-18(16,17)6-4-7/h1-2,7H,3-6H2,(H,11,13)(H,14,15). The number of carboxylic acids is 1. The van der Waals surface area contributed by atoms with Crippen LogP contribution in [0.2, 0.25) is 0 Å². The Morgan fingerprint density at radius 3 is 2.44 bits per heavy atom. The molecule has 1 aromatic rings. The van der Waals surface area contributed by atoms with E-state index in [0.717, 1.165) is 0 Å². The quantitative estimate of drug-likeness (QED) is 0.806. The van der Waals surface area contributed by atoms with Crippen molar-refractivity contribution < 1.29 is 18.3 Å². The van der Waals surface area contributed by atoms with Crippen LogP contribution >= 0.6 is 0 Å². The molecule has 2 N–H and O–H groups in total. The predicted octanol–water partition coefficient (Wildman–Crippen LogP) is 0.164. The van der Waals surface area contributed by atoms with Crippen molar-refractivity contribution in [3.63, 3.8) is 0 Å². The van der Waals surface area contributed by atoms with Gasteiger partial charge in [-0.25, -0.2) is 13.2 Å². The Balaban J connectivity index is 1.96. The monoisotopic (exact) mass is 271 g/mol. The number of aromatic nitrogens is 2. The molecule has 0 saturated carbocycles. The third kappa shape index (κ3) is 3.16. The number of nitrogens with zero attached hydrogens (tertiary/aromatic N) is 2. The molecule has 7 nitrogen and oxygen atoms in total. The van der Waals surface area contributed by atoms with Crippen LogP contribution in [0, 0.1) is 0 Å². The maximum Gasteiger partial charge on any atom is 0.356 e. The largest absolute Gasteiger partial charge is 0.476 e. The van der Waals surface area contributed by atoms with Crippen molar-refractivity contribution in [1.82, 2.24) is 10.2 Å². The van der Waals surface area contributed by atoms with E-state index in [9.17, 15) is 13.2 Å². The fourth-order valence-electron chi connectivity index (χ4n) is 1.77. The fourth-order valence-corrected chi connectivity index (χ4v) is 3.26. The molecule has 1 aliphatic rings. The number of sulfone groups is 1. The lowest BCUT2D eigenvalue weighted by Gasteiger charge is -2.23. The van der Waals surface area contributed by atoms with Gasteiger partial charge in [-0.2, -0.15) is 0 Å². The maximum absolute atomic E-state index is 11.2. The van der Waals surface area contributed by atoms with Gasteiger partial charge in [-0.3, -0.25) is 0 Å². The van der Waals surface area contributed by atoms with E-state index in [1.165, 1.54) is 12.1 Å². The summed E-state index contributed by atoms with van der Waals surface area (Å²) in [6.45, 7) is 0. The Morgan fingerprint density at radius 2 is 1.94 bits per heavy atom. The minimum atomic E-state index is -2.88. The molecule has 1 fully saturated rings. The zero-order valence-electron chi connectivity index (χ0n) is 9.54. The van der Waals surface area contributed by atoms with Crippen LogP contribution in [0.1, 0.15) is 23.3 Å². The molecule has 0 radical (unpaired) electrons. The molecule has 0 aromatic carbocycles. The average Bonchev–Trinajstić information content (AvgIpc) is 2.33. The minimum Gasteiger partial charge on any atom is -0.476 e. The number of carboxylic acid groups (broad SMARTS) is 1. The molecule has 0 amide bonds. The van der Waals surface area contributed by atoms with Crippen LogP contribution < -0.4 is 5.32 Å². The van der Waals surface area contributed by atoms with Crippen LogP contribution in [0.15, 0.2) is 12.1 Å². The van der Waals surface area contributed by atoms with E-state index in [1.54, 1.807) is 0 Å². The Labute approximate surface area is 104 Å². The molecule has 0 atom stereocenters. The van der Waals surface area contributed by atoms with E-state index in [2.05, 4.69) is 15.5 Å². The molecule has 98 valence electrons. The van der Waals surface area contributed by atoms with Crippen LogP contribution in [-0.2, 0) is 9.84 Å². The topological polar surface area (TPSA) is 109 Å². The summed E-state index contributed by atoms with van der Waals surface area (Å²) in [6.07, 6.45) is 1.06. The first-order chi connectivity index (χ1) is 8.46. The van der Waals surface area contributed by atoms with Gasteiger partial charge >= 0.3 is 5.97 Å². The Bertz CT molecular complexity index is 527. The zero-order valence-corrected chi connectivity index (χ0v) is 10.4. The van der Waals surface area contributed by atoms with E-state index in [4.69, 9.17) is 5.11 Å². The summed E-state index contributed by atoms with van der Waals surface area (Å²) < 4.78 is 22.5. The number of hydrogen-bond acceptors (Lipinski definition) is 6. The van der Waals surface area contributed by atoms with Crippen LogP contribution in [0.5, 0.6) is 0 Å². The zero-order chi connectivity index (χ0) is 13.2. The molecule has 1 aromatic heterocycles. The van der Waals surface area contributed by atoms with Gasteiger partial charge in [0.15, 0.2) is 5.69 Å². The molecule has 0 spiro atoms. The summed E-state index contributed by atoms with van der Waals surface area (Å²) in [5, 5.41) is 19.0. The van der Waals surface area contributed by atoms with Gasteiger partial charge in [0.2, 0.25) is 0 Å². The summed E-state index contributed by atoms with van der Waals surface area (Å²) in [5.41, 5.74) is -0.119. The van der Waals surface area contributed by atoms with Crippen LogP contribution in [0.3, 0.4) is 0 Å². The molecule has 1 aliphatic heterocycles. The first-order valence-corrected chi connectivity index (χ1v) is 7.32. The highest BCUT2D eigenvalue weighted by Gasteiger charge is 2.23. The van der Waals surface area contributed by atoms with Crippen molar-refractivity contribution in [2.75, 3.05) is 16.8 Å². The van der Waals surface area contributed by atoms with Crippen molar-refractivity contribution in [2.24, 2.45) is 0 Å². The van der Waals surface area contributed by atoms with Gasteiger partial charge in [-0.1, -0.05) is 0 Å². The van der Waals surface area contributed by atoms with Crippen molar-refractivity contribution >= 4 is 21.6 Å². The van der Waals surface area contributed by atoms with Crippen molar-refractivity contribution in [1.29, 1.82) is 0 Å². The first-order valence-electron chi connectivity index (χ1n) is 5.50. The van der Waals surface area contributed by atoms with Gasteiger partial charge in [0.1, 0.15) is 15.7 Å². The van der Waals surface area contributed by atoms with Crippen molar-refractivity contribution in [3.8, 4) is 0 Å².